The summed E-state index contributed by atoms with van der Waals surface area (Å²) in [6.45, 7) is 6.77. The average Bonchev–Trinajstić information content (AvgIpc) is 3.00. The van der Waals surface area contributed by atoms with E-state index in [4.69, 9.17) is 14.2 Å². The van der Waals surface area contributed by atoms with Gasteiger partial charge in [0.25, 0.3) is 5.69 Å². The molecule has 250 valence electrons. The summed E-state index contributed by atoms with van der Waals surface area (Å²) in [6, 6.07) is 12.1. The van der Waals surface area contributed by atoms with E-state index in [1.165, 1.54) is 26.0 Å². The van der Waals surface area contributed by atoms with E-state index >= 15 is 0 Å². The van der Waals surface area contributed by atoms with Gasteiger partial charge in [0.15, 0.2) is 0 Å². The van der Waals surface area contributed by atoms with Crippen molar-refractivity contribution in [2.45, 2.75) is 64.8 Å². The number of benzene rings is 2. The summed E-state index contributed by atoms with van der Waals surface area (Å²) in [4.78, 5) is 37.1. The van der Waals surface area contributed by atoms with Crippen LogP contribution in [0.4, 0.5) is 18.9 Å². The fraction of sp³-hybridized carbons (Fsp3) is 0.438. The zero-order valence-corrected chi connectivity index (χ0v) is 26.0. The summed E-state index contributed by atoms with van der Waals surface area (Å²) >= 11 is 0. The molecule has 2 atom stereocenters. The normalized spacial score (nSPS) is 15.8. The monoisotopic (exact) mass is 649 g/mol. The Morgan fingerprint density at radius 3 is 2.37 bits per heavy atom. The van der Waals surface area contributed by atoms with Crippen LogP contribution in [0.2, 0.25) is 0 Å². The van der Waals surface area contributed by atoms with Gasteiger partial charge in [0.1, 0.15) is 24.2 Å². The summed E-state index contributed by atoms with van der Waals surface area (Å²) in [5.74, 6) is -3.40. The number of nitrogens with zero attached hydrogens (tertiary/aromatic N) is 1. The van der Waals surface area contributed by atoms with Gasteiger partial charge in [-0.3, -0.25) is 10.1 Å². The van der Waals surface area contributed by atoms with Crippen LogP contribution in [0.5, 0.6) is 5.75 Å². The Hall–Kier alpha value is -4.43. The number of aliphatic hydroxyl groups is 1. The first-order valence-electron chi connectivity index (χ1n) is 14.7. The minimum absolute atomic E-state index is 0.0854. The van der Waals surface area contributed by atoms with Crippen LogP contribution in [0.15, 0.2) is 71.1 Å². The molecule has 14 heteroatoms. The largest absolute Gasteiger partial charge is 0.491 e. The summed E-state index contributed by atoms with van der Waals surface area (Å²) in [6.07, 6.45) is -4.86. The fourth-order valence-electron chi connectivity index (χ4n) is 4.80. The molecule has 0 aliphatic carbocycles. The van der Waals surface area contributed by atoms with E-state index in [1.807, 2.05) is 26.0 Å². The zero-order chi connectivity index (χ0) is 34.0. The van der Waals surface area contributed by atoms with E-state index in [2.05, 4.69) is 10.6 Å². The molecule has 0 radical (unpaired) electrons. The summed E-state index contributed by atoms with van der Waals surface area (Å²) in [5, 5.41) is 26.7. The number of carbonyl (C=O) groups excluding carboxylic acids is 2. The van der Waals surface area contributed by atoms with Crippen LogP contribution in [0.3, 0.4) is 0 Å². The molecular formula is C32H38F3N3O8. The highest BCUT2D eigenvalue weighted by atomic mass is 19.4. The standard InChI is InChI=1S/C32H38F3N3O8/c1-5-44-31(41)28-27(22-9-6-10-23(16-22)38(42)43)26(20(4)37-29(28)32(33,34)35)30(40)45-15-7-8-21-11-13-25(14-12-21)46-18-24(39)17-36-19(2)3/h6,9-14,16,19,24,27,36-37,39H,5,7-8,15,17-18H2,1-4H3. The van der Waals surface area contributed by atoms with Gasteiger partial charge in [0, 0.05) is 30.4 Å². The predicted octanol–water partition coefficient (Wildman–Crippen LogP) is 4.85. The number of ether oxygens (including phenoxy) is 3. The molecule has 0 spiro atoms. The van der Waals surface area contributed by atoms with Crippen LogP contribution in [-0.2, 0) is 25.5 Å². The van der Waals surface area contributed by atoms with E-state index in [0.717, 1.165) is 17.7 Å². The molecule has 46 heavy (non-hydrogen) atoms. The minimum Gasteiger partial charge on any atom is -0.491 e. The number of nitro groups is 1. The van der Waals surface area contributed by atoms with Crippen molar-refractivity contribution in [2.75, 3.05) is 26.4 Å². The highest BCUT2D eigenvalue weighted by molar-refractivity contribution is 6.00. The highest BCUT2D eigenvalue weighted by Gasteiger charge is 2.47. The average molecular weight is 650 g/mol. The number of hydrogen-bond acceptors (Lipinski definition) is 10. The van der Waals surface area contributed by atoms with Crippen LogP contribution < -0.4 is 15.4 Å². The second-order valence-corrected chi connectivity index (χ2v) is 10.9. The number of nitrogens with one attached hydrogen (secondary N) is 2. The Kier molecular flexibility index (Phi) is 12.7. The number of allylic oxidation sites excluding steroid dienone is 2. The number of aryl methyl sites for hydroxylation is 1. The van der Waals surface area contributed by atoms with Gasteiger partial charge < -0.3 is 30.0 Å². The van der Waals surface area contributed by atoms with Crippen LogP contribution in [-0.4, -0.2) is 66.7 Å². The van der Waals surface area contributed by atoms with Crippen molar-refractivity contribution in [3.8, 4) is 5.75 Å². The maximum atomic E-state index is 14.2. The molecule has 2 unspecified atom stereocenters. The van der Waals surface area contributed by atoms with Crippen molar-refractivity contribution in [3.05, 3.63) is 92.3 Å². The number of dihydropyridines is 1. The number of non-ortho nitro benzene ring substituents is 1. The maximum Gasteiger partial charge on any atom is 0.431 e. The third-order valence-electron chi connectivity index (χ3n) is 6.95. The second-order valence-electron chi connectivity index (χ2n) is 10.9. The number of aliphatic hydroxyl groups excluding tert-OH is 1. The minimum atomic E-state index is -5.04. The summed E-state index contributed by atoms with van der Waals surface area (Å²) < 4.78 is 58.5. The second kappa shape index (κ2) is 16.2. The number of hydrogen-bond donors (Lipinski definition) is 3. The number of carbonyl (C=O) groups is 2. The molecule has 11 nitrogen and oxygen atoms in total. The molecule has 3 N–H and O–H groups in total. The molecule has 0 saturated carbocycles. The first-order valence-corrected chi connectivity index (χ1v) is 14.7. The van der Waals surface area contributed by atoms with Crippen LogP contribution in [0.1, 0.15) is 51.2 Å². The van der Waals surface area contributed by atoms with Gasteiger partial charge in [-0.25, -0.2) is 9.59 Å². The number of esters is 2. The third kappa shape index (κ3) is 9.78. The Labute approximate surface area is 264 Å². The lowest BCUT2D eigenvalue weighted by molar-refractivity contribution is -0.384. The molecule has 0 fully saturated rings. The van der Waals surface area contributed by atoms with Gasteiger partial charge >= 0.3 is 18.1 Å². The smallest absolute Gasteiger partial charge is 0.431 e. The molecular weight excluding hydrogens is 611 g/mol. The Morgan fingerprint density at radius 1 is 1.09 bits per heavy atom. The van der Waals surface area contributed by atoms with Crippen molar-refractivity contribution in [3.63, 3.8) is 0 Å². The predicted molar refractivity (Wildman–Crippen MR) is 162 cm³/mol. The SMILES string of the molecule is CCOC(=O)C1=C(C(F)(F)F)NC(C)=C(C(=O)OCCCc2ccc(OCC(O)CNC(C)C)cc2)C1c1cccc([N+](=O)[O-])c1. The molecule has 2 aromatic rings. The van der Waals surface area contributed by atoms with E-state index in [9.17, 15) is 38.0 Å². The number of rotatable bonds is 15. The van der Waals surface area contributed by atoms with Gasteiger partial charge in [-0.1, -0.05) is 38.1 Å². The third-order valence-corrected chi connectivity index (χ3v) is 6.95. The first kappa shape index (κ1) is 36.0. The molecule has 1 heterocycles. The molecule has 0 amide bonds. The lowest BCUT2D eigenvalue weighted by Gasteiger charge is -2.32. The van der Waals surface area contributed by atoms with Gasteiger partial charge in [-0.2, -0.15) is 13.2 Å². The van der Waals surface area contributed by atoms with Gasteiger partial charge in [0.05, 0.1) is 35.2 Å². The quantitative estimate of drug-likeness (QED) is 0.106. The van der Waals surface area contributed by atoms with Crippen molar-refractivity contribution < 1.29 is 47.0 Å². The van der Waals surface area contributed by atoms with Crippen molar-refractivity contribution >= 4 is 17.6 Å². The van der Waals surface area contributed by atoms with Gasteiger partial charge in [-0.15, -0.1) is 0 Å². The van der Waals surface area contributed by atoms with Crippen LogP contribution in [0.25, 0.3) is 0 Å². The highest BCUT2D eigenvalue weighted by Crippen LogP contribution is 2.44. The van der Waals surface area contributed by atoms with E-state index in [-0.39, 0.29) is 42.7 Å². The topological polar surface area (TPSA) is 149 Å². The lowest BCUT2D eigenvalue weighted by Crippen LogP contribution is -2.38. The number of halogens is 3. The van der Waals surface area contributed by atoms with Crippen LogP contribution in [0, 0.1) is 10.1 Å². The molecule has 1 aliphatic rings. The van der Waals surface area contributed by atoms with Gasteiger partial charge in [0.2, 0.25) is 0 Å². The van der Waals surface area contributed by atoms with E-state index in [0.29, 0.717) is 25.1 Å². The first-order chi connectivity index (χ1) is 21.7. The Morgan fingerprint density at radius 2 is 1.76 bits per heavy atom. The van der Waals surface area contributed by atoms with Crippen molar-refractivity contribution in [1.82, 2.24) is 10.6 Å². The van der Waals surface area contributed by atoms with E-state index in [1.54, 1.807) is 12.1 Å². The van der Waals surface area contributed by atoms with Crippen molar-refractivity contribution in [2.24, 2.45) is 0 Å². The van der Waals surface area contributed by atoms with Gasteiger partial charge in [-0.05, 0) is 49.9 Å². The Balaban J connectivity index is 1.75. The molecule has 0 aromatic heterocycles. The molecule has 0 bridgehead atoms. The molecule has 3 rings (SSSR count). The molecule has 2 aromatic carbocycles. The van der Waals surface area contributed by atoms with Crippen molar-refractivity contribution in [1.29, 1.82) is 0 Å². The summed E-state index contributed by atoms with van der Waals surface area (Å²) in [5.41, 5.74) is -2.47. The van der Waals surface area contributed by atoms with Crippen LogP contribution >= 0.6 is 0 Å². The Bertz CT molecular complexity index is 1460. The zero-order valence-electron chi connectivity index (χ0n) is 26.0. The van der Waals surface area contributed by atoms with E-state index < -0.39 is 52.0 Å². The molecule has 1 aliphatic heterocycles. The number of nitro benzene ring substituents is 1. The fourth-order valence-corrected chi connectivity index (χ4v) is 4.80. The maximum absolute atomic E-state index is 14.2. The molecule has 0 saturated heterocycles. The number of alkyl halides is 3. The summed E-state index contributed by atoms with van der Waals surface area (Å²) in [7, 11) is 0. The lowest BCUT2D eigenvalue weighted by atomic mass is 9.80.